The average Bonchev–Trinajstić information content (AvgIpc) is 2.46. The Kier molecular flexibility index (Phi) is 3.60. The smallest absolute Gasteiger partial charge is 0.105 e. The van der Waals surface area contributed by atoms with Crippen LogP contribution in [-0.4, -0.2) is 5.11 Å². The van der Waals surface area contributed by atoms with Gasteiger partial charge < -0.3 is 5.11 Å². The molecule has 2 heteroatoms. The minimum absolute atomic E-state index is 0.612. The Labute approximate surface area is 127 Å². The fourth-order valence-corrected chi connectivity index (χ4v) is 3.03. The van der Waals surface area contributed by atoms with Crippen LogP contribution in [-0.2, 0) is 0 Å². The predicted molar refractivity (Wildman–Crippen MR) is 86.9 cm³/mol. The second-order valence-corrected chi connectivity index (χ2v) is 5.89. The van der Waals surface area contributed by atoms with Crippen LogP contribution in [0.3, 0.4) is 0 Å². The molecule has 1 nitrogen and oxygen atoms in total. The van der Waals surface area contributed by atoms with E-state index in [9.17, 15) is 5.11 Å². The van der Waals surface area contributed by atoms with Crippen molar-refractivity contribution in [2.75, 3.05) is 0 Å². The fourth-order valence-electron chi connectivity index (χ4n) is 2.61. The zero-order valence-corrected chi connectivity index (χ0v) is 12.8. The van der Waals surface area contributed by atoms with Gasteiger partial charge in [0.25, 0.3) is 0 Å². The predicted octanol–water partition coefficient (Wildman–Crippen LogP) is 4.99. The van der Waals surface area contributed by atoms with Crippen LogP contribution in [0.2, 0.25) is 0 Å². The number of fused-ring (bicyclic) bond motifs is 1. The minimum atomic E-state index is -0.612. The number of hydrogen-bond acceptors (Lipinski definition) is 1. The summed E-state index contributed by atoms with van der Waals surface area (Å²) in [6, 6.07) is 20.2. The van der Waals surface area contributed by atoms with Gasteiger partial charge in [0, 0.05) is 4.47 Å². The summed E-state index contributed by atoms with van der Waals surface area (Å²) < 4.78 is 0.979. The van der Waals surface area contributed by atoms with Gasteiger partial charge in [-0.15, -0.1) is 0 Å². The number of aryl methyl sites for hydroxylation is 1. The van der Waals surface area contributed by atoms with E-state index in [1.54, 1.807) is 0 Å². The molecule has 0 amide bonds. The molecule has 0 saturated carbocycles. The van der Waals surface area contributed by atoms with Crippen LogP contribution in [0.15, 0.2) is 65.1 Å². The van der Waals surface area contributed by atoms with Crippen LogP contribution in [0, 0.1) is 6.92 Å². The maximum Gasteiger partial charge on any atom is 0.105 e. The molecule has 0 saturated heterocycles. The van der Waals surface area contributed by atoms with Crippen molar-refractivity contribution in [3.05, 3.63) is 81.8 Å². The van der Waals surface area contributed by atoms with Gasteiger partial charge in [0.15, 0.2) is 0 Å². The van der Waals surface area contributed by atoms with E-state index in [1.165, 1.54) is 0 Å². The van der Waals surface area contributed by atoms with Gasteiger partial charge in [-0.1, -0.05) is 64.5 Å². The van der Waals surface area contributed by atoms with Crippen molar-refractivity contribution in [1.82, 2.24) is 0 Å². The van der Waals surface area contributed by atoms with Crippen LogP contribution < -0.4 is 0 Å². The Morgan fingerprint density at radius 1 is 0.950 bits per heavy atom. The van der Waals surface area contributed by atoms with E-state index in [2.05, 4.69) is 40.2 Å². The molecular weight excluding hydrogens is 312 g/mol. The van der Waals surface area contributed by atoms with E-state index in [0.29, 0.717) is 0 Å². The molecule has 0 spiro atoms. The van der Waals surface area contributed by atoms with Crippen molar-refractivity contribution in [3.63, 3.8) is 0 Å². The van der Waals surface area contributed by atoms with E-state index < -0.39 is 6.10 Å². The molecule has 1 atom stereocenters. The molecule has 100 valence electrons. The van der Waals surface area contributed by atoms with Gasteiger partial charge in [0.05, 0.1) is 0 Å². The standard InChI is InChI=1S/C18H15BrO/c1-12-9-10-13-5-2-3-8-16(13)17(12)18(20)14-6-4-7-15(19)11-14/h2-11,18,20H,1H3/t18-/m1/s1. The Bertz CT molecular complexity index is 764. The lowest BCUT2D eigenvalue weighted by atomic mass is 9.92. The van der Waals surface area contributed by atoms with Crippen LogP contribution in [0.1, 0.15) is 22.8 Å². The molecule has 0 radical (unpaired) electrons. The highest BCUT2D eigenvalue weighted by Gasteiger charge is 2.16. The van der Waals surface area contributed by atoms with Gasteiger partial charge in [0.1, 0.15) is 6.10 Å². The molecule has 0 aromatic heterocycles. The number of hydrogen-bond donors (Lipinski definition) is 1. The lowest BCUT2D eigenvalue weighted by Gasteiger charge is -2.17. The maximum absolute atomic E-state index is 10.8. The van der Waals surface area contributed by atoms with Gasteiger partial charge in [0.2, 0.25) is 0 Å². The molecule has 1 N–H and O–H groups in total. The normalized spacial score (nSPS) is 12.6. The Hall–Kier alpha value is -1.64. The first kappa shape index (κ1) is 13.3. The number of halogens is 1. The van der Waals surface area contributed by atoms with Gasteiger partial charge in [-0.3, -0.25) is 0 Å². The second-order valence-electron chi connectivity index (χ2n) is 4.97. The third kappa shape index (κ3) is 2.37. The summed E-state index contributed by atoms with van der Waals surface area (Å²) in [4.78, 5) is 0. The summed E-state index contributed by atoms with van der Waals surface area (Å²) in [6.45, 7) is 2.04. The first-order valence-corrected chi connectivity index (χ1v) is 7.38. The van der Waals surface area contributed by atoms with Crippen molar-refractivity contribution in [2.45, 2.75) is 13.0 Å². The molecule has 0 aliphatic carbocycles. The fraction of sp³-hybridized carbons (Fsp3) is 0.111. The summed E-state index contributed by atoms with van der Waals surface area (Å²) in [5.41, 5.74) is 3.00. The zero-order valence-electron chi connectivity index (χ0n) is 11.2. The summed E-state index contributed by atoms with van der Waals surface area (Å²) in [6.07, 6.45) is -0.612. The Morgan fingerprint density at radius 2 is 1.75 bits per heavy atom. The van der Waals surface area contributed by atoms with E-state index in [1.807, 2.05) is 43.3 Å². The van der Waals surface area contributed by atoms with E-state index in [0.717, 1.165) is 31.9 Å². The van der Waals surface area contributed by atoms with Crippen molar-refractivity contribution in [3.8, 4) is 0 Å². The highest BCUT2D eigenvalue weighted by Crippen LogP contribution is 2.32. The van der Waals surface area contributed by atoms with Crippen molar-refractivity contribution >= 4 is 26.7 Å². The maximum atomic E-state index is 10.8. The van der Waals surface area contributed by atoms with Gasteiger partial charge in [-0.25, -0.2) is 0 Å². The third-order valence-electron chi connectivity index (χ3n) is 3.63. The molecule has 0 unspecified atom stereocenters. The molecule has 20 heavy (non-hydrogen) atoms. The quantitative estimate of drug-likeness (QED) is 0.703. The second kappa shape index (κ2) is 5.39. The van der Waals surface area contributed by atoms with E-state index in [-0.39, 0.29) is 0 Å². The summed E-state index contributed by atoms with van der Waals surface area (Å²) in [5, 5.41) is 13.0. The van der Waals surface area contributed by atoms with Crippen molar-refractivity contribution in [1.29, 1.82) is 0 Å². The average molecular weight is 327 g/mol. The molecule has 0 bridgehead atoms. The lowest BCUT2D eigenvalue weighted by molar-refractivity contribution is 0.221. The third-order valence-corrected chi connectivity index (χ3v) is 4.12. The van der Waals surface area contributed by atoms with Crippen molar-refractivity contribution in [2.24, 2.45) is 0 Å². The van der Waals surface area contributed by atoms with E-state index >= 15 is 0 Å². The monoisotopic (exact) mass is 326 g/mol. The van der Waals surface area contributed by atoms with Gasteiger partial charge in [-0.05, 0) is 46.5 Å². The first-order chi connectivity index (χ1) is 9.66. The van der Waals surface area contributed by atoms with Gasteiger partial charge in [-0.2, -0.15) is 0 Å². The first-order valence-electron chi connectivity index (χ1n) is 6.58. The minimum Gasteiger partial charge on any atom is -0.384 e. The number of aliphatic hydroxyl groups is 1. The number of rotatable bonds is 2. The molecule has 0 fully saturated rings. The van der Waals surface area contributed by atoms with E-state index in [4.69, 9.17) is 0 Å². The van der Waals surface area contributed by atoms with Crippen LogP contribution in [0.4, 0.5) is 0 Å². The molecular formula is C18H15BrO. The largest absolute Gasteiger partial charge is 0.384 e. The SMILES string of the molecule is Cc1ccc2ccccc2c1[C@H](O)c1cccc(Br)c1. The Morgan fingerprint density at radius 3 is 2.55 bits per heavy atom. The molecule has 0 aliphatic rings. The molecule has 0 heterocycles. The highest BCUT2D eigenvalue weighted by atomic mass is 79.9. The number of aliphatic hydroxyl groups excluding tert-OH is 1. The molecule has 0 aliphatic heterocycles. The van der Waals surface area contributed by atoms with Crippen LogP contribution >= 0.6 is 15.9 Å². The summed E-state index contributed by atoms with van der Waals surface area (Å²) in [5.74, 6) is 0. The van der Waals surface area contributed by atoms with Crippen LogP contribution in [0.25, 0.3) is 10.8 Å². The lowest BCUT2D eigenvalue weighted by Crippen LogP contribution is -2.03. The summed E-state index contributed by atoms with van der Waals surface area (Å²) in [7, 11) is 0. The molecule has 3 aromatic carbocycles. The van der Waals surface area contributed by atoms with Crippen molar-refractivity contribution < 1.29 is 5.11 Å². The molecule has 3 rings (SSSR count). The highest BCUT2D eigenvalue weighted by molar-refractivity contribution is 9.10. The molecule has 3 aromatic rings. The van der Waals surface area contributed by atoms with Crippen LogP contribution in [0.5, 0.6) is 0 Å². The van der Waals surface area contributed by atoms with Gasteiger partial charge >= 0.3 is 0 Å². The zero-order chi connectivity index (χ0) is 14.1. The number of benzene rings is 3. The Balaban J connectivity index is 2.21. The topological polar surface area (TPSA) is 20.2 Å². The summed E-state index contributed by atoms with van der Waals surface area (Å²) >= 11 is 3.46.